The molecule has 1 aromatic heterocycles. The van der Waals surface area contributed by atoms with Crippen LogP contribution in [0.1, 0.15) is 11.7 Å². The van der Waals surface area contributed by atoms with Gasteiger partial charge in [0.2, 0.25) is 0 Å². The van der Waals surface area contributed by atoms with Crippen molar-refractivity contribution in [1.82, 2.24) is 4.98 Å². The molecule has 17 heavy (non-hydrogen) atoms. The predicted octanol–water partition coefficient (Wildman–Crippen LogP) is -0.0853. The SMILES string of the molecule is O=c1cc[nH]c2c(C(O)C(O)CO)cccc12. The lowest BCUT2D eigenvalue weighted by Crippen LogP contribution is -2.22. The van der Waals surface area contributed by atoms with E-state index in [1.807, 2.05) is 0 Å². The summed E-state index contributed by atoms with van der Waals surface area (Å²) in [6.07, 6.45) is -1.03. The number of rotatable bonds is 3. The molecule has 0 bridgehead atoms. The lowest BCUT2D eigenvalue weighted by molar-refractivity contribution is -0.0146. The number of hydrogen-bond donors (Lipinski definition) is 4. The van der Waals surface area contributed by atoms with Gasteiger partial charge in [0, 0.05) is 23.2 Å². The fraction of sp³-hybridized carbons (Fsp3) is 0.250. The molecule has 2 unspecified atom stereocenters. The average Bonchev–Trinajstić information content (AvgIpc) is 2.37. The smallest absolute Gasteiger partial charge is 0.189 e. The lowest BCUT2D eigenvalue weighted by Gasteiger charge is -2.17. The summed E-state index contributed by atoms with van der Waals surface area (Å²) < 4.78 is 0. The number of pyridine rings is 1. The van der Waals surface area contributed by atoms with Crippen molar-refractivity contribution in [2.24, 2.45) is 0 Å². The van der Waals surface area contributed by atoms with E-state index in [1.54, 1.807) is 18.2 Å². The highest BCUT2D eigenvalue weighted by Gasteiger charge is 2.20. The molecule has 5 nitrogen and oxygen atoms in total. The Morgan fingerprint density at radius 2 is 2.00 bits per heavy atom. The van der Waals surface area contributed by atoms with Crippen LogP contribution in [0.15, 0.2) is 35.3 Å². The Morgan fingerprint density at radius 3 is 2.71 bits per heavy atom. The van der Waals surface area contributed by atoms with Crippen LogP contribution in [0.3, 0.4) is 0 Å². The molecule has 0 saturated carbocycles. The second-order valence-corrected chi connectivity index (χ2v) is 3.81. The van der Waals surface area contributed by atoms with Crippen LogP contribution in [0.2, 0.25) is 0 Å². The normalized spacial score (nSPS) is 14.8. The van der Waals surface area contributed by atoms with Crippen LogP contribution >= 0.6 is 0 Å². The van der Waals surface area contributed by atoms with Gasteiger partial charge in [-0.2, -0.15) is 0 Å². The van der Waals surface area contributed by atoms with Crippen LogP contribution in [0, 0.1) is 0 Å². The number of H-pyrrole nitrogens is 1. The minimum absolute atomic E-state index is 0.161. The molecule has 5 heteroatoms. The first kappa shape index (κ1) is 11.8. The van der Waals surface area contributed by atoms with E-state index in [-0.39, 0.29) is 5.43 Å². The van der Waals surface area contributed by atoms with Crippen LogP contribution in [0.4, 0.5) is 0 Å². The van der Waals surface area contributed by atoms with Crippen molar-refractivity contribution < 1.29 is 15.3 Å². The number of hydrogen-bond acceptors (Lipinski definition) is 4. The Labute approximate surface area is 97.0 Å². The highest BCUT2D eigenvalue weighted by molar-refractivity contribution is 5.81. The zero-order chi connectivity index (χ0) is 12.4. The van der Waals surface area contributed by atoms with E-state index in [1.165, 1.54) is 12.3 Å². The number of aliphatic hydroxyl groups is 3. The Kier molecular flexibility index (Phi) is 3.23. The van der Waals surface area contributed by atoms with Gasteiger partial charge in [0.25, 0.3) is 0 Å². The van der Waals surface area contributed by atoms with E-state index in [0.29, 0.717) is 16.5 Å². The van der Waals surface area contributed by atoms with E-state index in [2.05, 4.69) is 4.98 Å². The Hall–Kier alpha value is -1.69. The number of fused-ring (bicyclic) bond motifs is 1. The third kappa shape index (κ3) is 2.08. The largest absolute Gasteiger partial charge is 0.394 e. The van der Waals surface area contributed by atoms with E-state index in [4.69, 9.17) is 5.11 Å². The Balaban J connectivity index is 2.63. The van der Waals surface area contributed by atoms with Crippen LogP contribution in [-0.2, 0) is 0 Å². The molecule has 0 saturated heterocycles. The number of aromatic amines is 1. The first-order valence-corrected chi connectivity index (χ1v) is 5.22. The molecule has 0 fully saturated rings. The number of benzene rings is 1. The molecular weight excluding hydrogens is 222 g/mol. The zero-order valence-electron chi connectivity index (χ0n) is 9.00. The maximum Gasteiger partial charge on any atom is 0.189 e. The summed E-state index contributed by atoms with van der Waals surface area (Å²) in [5.41, 5.74) is 0.702. The van der Waals surface area contributed by atoms with Crippen LogP contribution in [0.5, 0.6) is 0 Å². The molecule has 90 valence electrons. The third-order valence-electron chi connectivity index (χ3n) is 2.69. The van der Waals surface area contributed by atoms with Crippen LogP contribution in [0.25, 0.3) is 10.9 Å². The number of aliphatic hydroxyl groups excluding tert-OH is 3. The van der Waals surface area contributed by atoms with Crippen molar-refractivity contribution in [2.75, 3.05) is 6.61 Å². The van der Waals surface area contributed by atoms with E-state index < -0.39 is 18.8 Å². The molecule has 0 aliphatic heterocycles. The van der Waals surface area contributed by atoms with E-state index in [0.717, 1.165) is 0 Å². The molecule has 2 atom stereocenters. The minimum atomic E-state index is -1.27. The molecule has 2 aromatic rings. The highest BCUT2D eigenvalue weighted by atomic mass is 16.4. The molecule has 0 radical (unpaired) electrons. The quantitative estimate of drug-likeness (QED) is 0.598. The maximum atomic E-state index is 11.6. The first-order chi connectivity index (χ1) is 8.15. The molecule has 0 aliphatic rings. The summed E-state index contributed by atoms with van der Waals surface area (Å²) in [7, 11) is 0. The van der Waals surface area contributed by atoms with Crippen molar-refractivity contribution in [3.05, 3.63) is 46.2 Å². The number of aromatic nitrogens is 1. The van der Waals surface area contributed by atoms with Gasteiger partial charge in [0.15, 0.2) is 5.43 Å². The van der Waals surface area contributed by atoms with Gasteiger partial charge in [-0.05, 0) is 6.07 Å². The molecular formula is C12H13NO4. The molecule has 2 rings (SSSR count). The summed E-state index contributed by atoms with van der Waals surface area (Å²) in [6, 6.07) is 6.25. The first-order valence-electron chi connectivity index (χ1n) is 5.22. The highest BCUT2D eigenvalue weighted by Crippen LogP contribution is 2.22. The van der Waals surface area contributed by atoms with Crippen molar-refractivity contribution in [3.8, 4) is 0 Å². The summed E-state index contributed by atoms with van der Waals surface area (Å²) in [6.45, 7) is -0.547. The van der Waals surface area contributed by atoms with E-state index in [9.17, 15) is 15.0 Å². The second-order valence-electron chi connectivity index (χ2n) is 3.81. The van der Waals surface area contributed by atoms with Crippen molar-refractivity contribution in [2.45, 2.75) is 12.2 Å². The fourth-order valence-electron chi connectivity index (χ4n) is 1.78. The van der Waals surface area contributed by atoms with Gasteiger partial charge >= 0.3 is 0 Å². The second kappa shape index (κ2) is 4.67. The van der Waals surface area contributed by atoms with Gasteiger partial charge in [0.1, 0.15) is 12.2 Å². The molecule has 0 amide bonds. The minimum Gasteiger partial charge on any atom is -0.394 e. The molecule has 1 aromatic carbocycles. The standard InChI is InChI=1S/C12H13NO4/c14-6-10(16)12(17)8-3-1-2-7-9(15)4-5-13-11(7)8/h1-5,10,12,14,16-17H,6H2,(H,13,15). The fourth-order valence-corrected chi connectivity index (χ4v) is 1.78. The van der Waals surface area contributed by atoms with Gasteiger partial charge in [-0.15, -0.1) is 0 Å². The molecule has 1 heterocycles. The predicted molar refractivity (Wildman–Crippen MR) is 62.6 cm³/mol. The van der Waals surface area contributed by atoms with Gasteiger partial charge < -0.3 is 20.3 Å². The Morgan fingerprint density at radius 1 is 1.24 bits per heavy atom. The summed E-state index contributed by atoms with van der Waals surface area (Å²) >= 11 is 0. The summed E-state index contributed by atoms with van der Waals surface area (Å²) in [4.78, 5) is 14.4. The van der Waals surface area contributed by atoms with Crippen LogP contribution < -0.4 is 5.43 Å². The topological polar surface area (TPSA) is 93.6 Å². The van der Waals surface area contributed by atoms with Gasteiger partial charge in [-0.3, -0.25) is 4.79 Å². The van der Waals surface area contributed by atoms with E-state index >= 15 is 0 Å². The van der Waals surface area contributed by atoms with Crippen LogP contribution in [-0.4, -0.2) is 33.0 Å². The van der Waals surface area contributed by atoms with Gasteiger partial charge in [0.05, 0.1) is 12.1 Å². The number of para-hydroxylation sites is 1. The molecule has 0 aliphatic carbocycles. The average molecular weight is 235 g/mol. The number of nitrogens with one attached hydrogen (secondary N) is 1. The molecule has 4 N–H and O–H groups in total. The molecule has 0 spiro atoms. The monoisotopic (exact) mass is 235 g/mol. The van der Waals surface area contributed by atoms with Crippen molar-refractivity contribution >= 4 is 10.9 Å². The van der Waals surface area contributed by atoms with Crippen molar-refractivity contribution in [3.63, 3.8) is 0 Å². The van der Waals surface area contributed by atoms with Gasteiger partial charge in [-0.25, -0.2) is 0 Å². The summed E-state index contributed by atoms with van der Waals surface area (Å²) in [5.74, 6) is 0. The lowest BCUT2D eigenvalue weighted by atomic mass is 10.0. The van der Waals surface area contributed by atoms with Crippen molar-refractivity contribution in [1.29, 1.82) is 0 Å². The Bertz CT molecular complexity index is 578. The van der Waals surface area contributed by atoms with Gasteiger partial charge in [-0.1, -0.05) is 12.1 Å². The zero-order valence-corrected chi connectivity index (χ0v) is 9.00. The maximum absolute atomic E-state index is 11.6. The third-order valence-corrected chi connectivity index (χ3v) is 2.69. The summed E-state index contributed by atoms with van der Waals surface area (Å²) in [5, 5.41) is 28.5.